The maximum atomic E-state index is 14.1. The van der Waals surface area contributed by atoms with Crippen LogP contribution < -0.4 is 10.2 Å². The van der Waals surface area contributed by atoms with Gasteiger partial charge in [-0.15, -0.1) is 0 Å². The quantitative estimate of drug-likeness (QED) is 0.371. The lowest BCUT2D eigenvalue weighted by molar-refractivity contribution is -0.250. The van der Waals surface area contributed by atoms with Gasteiger partial charge in [-0.2, -0.15) is 13.2 Å². The normalized spacial score (nSPS) is 18.1. The van der Waals surface area contributed by atoms with Crippen molar-refractivity contribution < 1.29 is 27.2 Å². The molecule has 3 rings (SSSR count). The number of anilines is 1. The highest BCUT2D eigenvalue weighted by atomic mass is 35.5. The number of nitrogens with one attached hydrogen (secondary N) is 1. The van der Waals surface area contributed by atoms with Crippen molar-refractivity contribution in [3.63, 3.8) is 0 Å². The molecule has 0 unspecified atom stereocenters. The van der Waals surface area contributed by atoms with E-state index in [2.05, 4.69) is 15.3 Å². The van der Waals surface area contributed by atoms with Gasteiger partial charge >= 0.3 is 6.30 Å². The molecule has 1 aliphatic rings. The summed E-state index contributed by atoms with van der Waals surface area (Å²) in [4.78, 5) is 35.8. The highest BCUT2D eigenvalue weighted by Crippen LogP contribution is 2.35. The van der Waals surface area contributed by atoms with Gasteiger partial charge in [0.1, 0.15) is 6.33 Å². The van der Waals surface area contributed by atoms with Gasteiger partial charge in [0.25, 0.3) is 17.4 Å². The van der Waals surface area contributed by atoms with Crippen LogP contribution in [-0.2, 0) is 15.1 Å². The number of carbonyl (C=O) groups excluding carboxylic acids is 2. The molecule has 1 fully saturated rings. The Morgan fingerprint density at radius 2 is 1.71 bits per heavy atom. The lowest BCUT2D eigenvalue weighted by Gasteiger charge is -2.41. The summed E-state index contributed by atoms with van der Waals surface area (Å²) in [6, 6.07) is 5.88. The Hall–Kier alpha value is -2.79. The third-order valence-corrected chi connectivity index (χ3v) is 6.09. The van der Waals surface area contributed by atoms with E-state index in [0.717, 1.165) is 10.5 Å². The number of alkyl halides is 5. The highest BCUT2D eigenvalue weighted by molar-refractivity contribution is 6.32. The molecule has 34 heavy (non-hydrogen) atoms. The molecule has 2 heterocycles. The van der Waals surface area contributed by atoms with E-state index >= 15 is 0 Å². The van der Waals surface area contributed by atoms with Crippen LogP contribution in [0.3, 0.4) is 0 Å². The number of aryl methyl sites for hydroxylation is 1. The van der Waals surface area contributed by atoms with Gasteiger partial charge in [-0.05, 0) is 38.8 Å². The third kappa shape index (κ3) is 5.47. The van der Waals surface area contributed by atoms with E-state index in [1.54, 1.807) is 24.3 Å². The number of carbonyl (C=O) groups is 2. The first kappa shape index (κ1) is 25.8. The Labute approximate surface area is 199 Å². The van der Waals surface area contributed by atoms with Gasteiger partial charge in [0.15, 0.2) is 5.54 Å². The molecule has 1 aliphatic heterocycles. The monoisotopic (exact) mass is 501 g/mol. The van der Waals surface area contributed by atoms with Gasteiger partial charge in [-0.25, -0.2) is 19.3 Å². The fourth-order valence-electron chi connectivity index (χ4n) is 3.91. The fourth-order valence-corrected chi connectivity index (χ4v) is 4.01. The number of aromatic nitrogens is 2. The van der Waals surface area contributed by atoms with Gasteiger partial charge in [0.05, 0.1) is 0 Å². The molecule has 1 aromatic carbocycles. The number of halogens is 5. The SMILES string of the molecule is Cc1ccc(N(C(=O)[C@H](F)Cl)[C@](C)(C(=O)NC2CCN(C(F)(F)F)CC2)c2cncnc2)cc1. The number of hydrogen-bond acceptors (Lipinski definition) is 5. The first-order chi connectivity index (χ1) is 15.9. The van der Waals surface area contributed by atoms with Crippen molar-refractivity contribution in [2.45, 2.75) is 50.2 Å². The van der Waals surface area contributed by atoms with Crippen molar-refractivity contribution in [2.24, 2.45) is 0 Å². The topological polar surface area (TPSA) is 78.4 Å². The predicted molar refractivity (Wildman–Crippen MR) is 118 cm³/mol. The summed E-state index contributed by atoms with van der Waals surface area (Å²) in [5.74, 6) is -1.90. The van der Waals surface area contributed by atoms with Crippen molar-refractivity contribution >= 4 is 29.1 Å². The minimum Gasteiger partial charge on any atom is -0.351 e. The molecule has 0 saturated carbocycles. The summed E-state index contributed by atoms with van der Waals surface area (Å²) in [6.07, 6.45) is -0.496. The average molecular weight is 502 g/mol. The first-order valence-electron chi connectivity index (χ1n) is 10.5. The van der Waals surface area contributed by atoms with E-state index in [9.17, 15) is 27.2 Å². The van der Waals surface area contributed by atoms with Gasteiger partial charge in [0.2, 0.25) is 0 Å². The Balaban J connectivity index is 1.99. The van der Waals surface area contributed by atoms with Gasteiger partial charge in [-0.1, -0.05) is 29.3 Å². The zero-order valence-corrected chi connectivity index (χ0v) is 19.3. The minimum atomic E-state index is -4.45. The Morgan fingerprint density at radius 3 is 2.21 bits per heavy atom. The van der Waals surface area contributed by atoms with E-state index in [-0.39, 0.29) is 37.2 Å². The van der Waals surface area contributed by atoms with E-state index in [1.165, 1.54) is 25.6 Å². The number of rotatable bonds is 6. The van der Waals surface area contributed by atoms with Crippen LogP contribution in [0.15, 0.2) is 43.0 Å². The van der Waals surface area contributed by atoms with Crippen LogP contribution in [0.25, 0.3) is 0 Å². The largest absolute Gasteiger partial charge is 0.459 e. The standard InChI is InChI=1S/C22H24ClF4N5O2/c1-14-3-5-17(6-4-14)32(19(33)18(23)24)21(2,15-11-28-13-29-12-15)20(34)30-16-7-9-31(10-8-16)22(25,26)27/h3-6,11-13,16,18H,7-10H2,1-2H3,(H,30,34)/t18-,21-/m0/s1. The lowest BCUT2D eigenvalue weighted by atomic mass is 9.89. The molecule has 0 bridgehead atoms. The smallest absolute Gasteiger partial charge is 0.351 e. The zero-order chi connectivity index (χ0) is 25.1. The van der Waals surface area contributed by atoms with Crippen LogP contribution in [0.2, 0.25) is 0 Å². The molecule has 184 valence electrons. The van der Waals surface area contributed by atoms with E-state index in [1.807, 2.05) is 6.92 Å². The predicted octanol–water partition coefficient (Wildman–Crippen LogP) is 3.67. The summed E-state index contributed by atoms with van der Waals surface area (Å²) in [6.45, 7) is 2.64. The van der Waals surface area contributed by atoms with Crippen LogP contribution in [0.1, 0.15) is 30.9 Å². The number of nitrogens with zero attached hydrogens (tertiary/aromatic N) is 4. The van der Waals surface area contributed by atoms with Crippen LogP contribution >= 0.6 is 11.6 Å². The summed E-state index contributed by atoms with van der Waals surface area (Å²) in [5.41, 5.74) is -3.06. The maximum Gasteiger partial charge on any atom is 0.459 e. The van der Waals surface area contributed by atoms with Crippen molar-refractivity contribution in [1.29, 1.82) is 0 Å². The van der Waals surface area contributed by atoms with Crippen molar-refractivity contribution in [3.05, 3.63) is 54.1 Å². The zero-order valence-electron chi connectivity index (χ0n) is 18.5. The molecule has 1 saturated heterocycles. The summed E-state index contributed by atoms with van der Waals surface area (Å²) in [7, 11) is 0. The molecule has 0 spiro atoms. The Morgan fingerprint density at radius 1 is 1.15 bits per heavy atom. The lowest BCUT2D eigenvalue weighted by Crippen LogP contribution is -2.61. The molecule has 2 amide bonds. The summed E-state index contributed by atoms with van der Waals surface area (Å²) in [5, 5.41) is 2.74. The fraction of sp³-hybridized carbons (Fsp3) is 0.455. The van der Waals surface area contributed by atoms with E-state index in [0.29, 0.717) is 4.90 Å². The number of likely N-dealkylation sites (tertiary alicyclic amines) is 1. The Kier molecular flexibility index (Phi) is 7.77. The summed E-state index contributed by atoms with van der Waals surface area (Å²) < 4.78 is 53.0. The second-order valence-corrected chi connectivity index (χ2v) is 8.60. The van der Waals surface area contributed by atoms with Crippen LogP contribution in [0.4, 0.5) is 23.2 Å². The summed E-state index contributed by atoms with van der Waals surface area (Å²) >= 11 is 5.52. The van der Waals surface area contributed by atoms with Gasteiger partial charge in [0, 0.05) is 42.8 Å². The van der Waals surface area contributed by atoms with Crippen LogP contribution in [0.5, 0.6) is 0 Å². The minimum absolute atomic E-state index is 0.0480. The van der Waals surface area contributed by atoms with Gasteiger partial charge in [-0.3, -0.25) is 14.5 Å². The maximum absolute atomic E-state index is 14.1. The van der Waals surface area contributed by atoms with Crippen molar-refractivity contribution in [1.82, 2.24) is 20.2 Å². The molecule has 2 aromatic rings. The first-order valence-corrected chi connectivity index (χ1v) is 11.0. The molecule has 2 atom stereocenters. The number of piperidine rings is 1. The average Bonchev–Trinajstić information content (AvgIpc) is 2.80. The molecular formula is C22H24ClF4N5O2. The van der Waals surface area contributed by atoms with Crippen molar-refractivity contribution in [3.8, 4) is 0 Å². The van der Waals surface area contributed by atoms with Crippen LogP contribution in [-0.4, -0.2) is 57.7 Å². The van der Waals surface area contributed by atoms with E-state index in [4.69, 9.17) is 11.6 Å². The molecule has 12 heteroatoms. The number of amides is 2. The third-order valence-electron chi connectivity index (χ3n) is 5.90. The second-order valence-electron chi connectivity index (χ2n) is 8.21. The molecule has 7 nitrogen and oxygen atoms in total. The molecular weight excluding hydrogens is 478 g/mol. The van der Waals surface area contributed by atoms with Crippen molar-refractivity contribution in [2.75, 3.05) is 18.0 Å². The highest BCUT2D eigenvalue weighted by Gasteiger charge is 2.48. The molecule has 1 N–H and O–H groups in total. The second kappa shape index (κ2) is 10.2. The Bertz CT molecular complexity index is 999. The number of benzene rings is 1. The molecule has 0 aliphatic carbocycles. The number of hydrogen-bond donors (Lipinski definition) is 1. The van der Waals surface area contributed by atoms with Gasteiger partial charge < -0.3 is 5.32 Å². The molecule has 1 aromatic heterocycles. The van der Waals surface area contributed by atoms with Crippen LogP contribution in [0, 0.1) is 6.92 Å². The molecule has 0 radical (unpaired) electrons. The van der Waals surface area contributed by atoms with E-state index < -0.39 is 35.3 Å².